The van der Waals surface area contributed by atoms with Crippen LogP contribution in [-0.4, -0.2) is 28.9 Å². The summed E-state index contributed by atoms with van der Waals surface area (Å²) in [4.78, 5) is 15.4. The maximum absolute atomic E-state index is 13.8. The molecule has 10 heteroatoms. The minimum Gasteiger partial charge on any atom is -0.282 e. The van der Waals surface area contributed by atoms with Gasteiger partial charge in [-0.15, -0.1) is 10.2 Å². The van der Waals surface area contributed by atoms with E-state index in [1.807, 2.05) is 13.3 Å². The first-order valence-electron chi connectivity index (χ1n) is 5.76. The quantitative estimate of drug-likeness (QED) is 0.615. The summed E-state index contributed by atoms with van der Waals surface area (Å²) in [5, 5.41) is 6.44. The molecule has 21 heavy (non-hydrogen) atoms. The summed E-state index contributed by atoms with van der Waals surface area (Å²) >= 11 is 5.46. The maximum atomic E-state index is 13.8. The average Bonchev–Trinajstić information content (AvgIpc) is 2.46. The molecule has 0 saturated heterocycles. The van der Waals surface area contributed by atoms with Crippen LogP contribution in [0.3, 0.4) is 0 Å². The number of hydrogen-bond donors (Lipinski definition) is 2. The van der Waals surface area contributed by atoms with Crippen LogP contribution in [0.1, 0.15) is 5.69 Å². The Morgan fingerprint density at radius 2 is 2.00 bits per heavy atom. The molecule has 0 aromatic carbocycles. The molecule has 0 saturated carbocycles. The normalized spacial score (nSPS) is 11.0. The number of nitrogens with one attached hydrogen (secondary N) is 2. The Labute approximate surface area is 124 Å². The van der Waals surface area contributed by atoms with Crippen molar-refractivity contribution in [2.75, 3.05) is 5.43 Å². The highest BCUT2D eigenvalue weighted by Crippen LogP contribution is 2.26. The lowest BCUT2D eigenvalue weighted by atomic mass is 9.99. The maximum Gasteiger partial charge on any atom is 0.369 e. The van der Waals surface area contributed by atoms with Crippen molar-refractivity contribution >= 4 is 36.6 Å². The van der Waals surface area contributed by atoms with Crippen LogP contribution >= 0.6 is 11.6 Å². The number of carbonyl (C=O) groups excluding carboxylic acids is 1. The van der Waals surface area contributed by atoms with E-state index in [4.69, 9.17) is 11.6 Å². The Morgan fingerprint density at radius 3 is 2.57 bits per heavy atom. The largest absolute Gasteiger partial charge is 0.369 e. The number of halogens is 3. The van der Waals surface area contributed by atoms with Gasteiger partial charge < -0.3 is 0 Å². The summed E-state index contributed by atoms with van der Waals surface area (Å²) in [7, 11) is 1.82. The second kappa shape index (κ2) is 6.00. The van der Waals surface area contributed by atoms with Crippen LogP contribution in [-0.2, 0) is 10.7 Å². The van der Waals surface area contributed by atoms with Crippen molar-refractivity contribution in [3.05, 3.63) is 41.3 Å². The van der Waals surface area contributed by atoms with Gasteiger partial charge >= 0.3 is 11.8 Å². The topological polar surface area (TPSA) is 79.8 Å². The lowest BCUT2D eigenvalue weighted by Gasteiger charge is -2.15. The number of anilines is 1. The van der Waals surface area contributed by atoms with E-state index in [-0.39, 0.29) is 11.0 Å². The minimum absolute atomic E-state index is 0.0445. The number of amides is 1. The third kappa shape index (κ3) is 3.63. The Morgan fingerprint density at radius 1 is 1.24 bits per heavy atom. The zero-order valence-electron chi connectivity index (χ0n) is 10.8. The lowest BCUT2D eigenvalue weighted by molar-refractivity contribution is -0.147. The zero-order chi connectivity index (χ0) is 15.5. The molecule has 0 spiro atoms. The summed E-state index contributed by atoms with van der Waals surface area (Å²) < 4.78 is 27.7. The second-order valence-electron chi connectivity index (χ2n) is 4.12. The number of alkyl halides is 2. The number of carbonyl (C=O) groups is 1. The van der Waals surface area contributed by atoms with Gasteiger partial charge in [-0.25, -0.2) is 4.98 Å². The van der Waals surface area contributed by atoms with Gasteiger partial charge in [-0.05, 0) is 18.2 Å². The van der Waals surface area contributed by atoms with Gasteiger partial charge in [-0.3, -0.25) is 15.6 Å². The molecule has 2 rings (SSSR count). The molecule has 0 aliphatic carbocycles. The summed E-state index contributed by atoms with van der Waals surface area (Å²) in [5.74, 6) is -5.21. The third-order valence-electron chi connectivity index (χ3n) is 2.45. The predicted molar refractivity (Wildman–Crippen MR) is 75.1 cm³/mol. The number of hydrogen-bond acceptors (Lipinski definition) is 5. The van der Waals surface area contributed by atoms with E-state index < -0.39 is 17.5 Å². The van der Waals surface area contributed by atoms with Gasteiger partial charge in [0.2, 0.25) is 0 Å². The van der Waals surface area contributed by atoms with Crippen molar-refractivity contribution in [3.63, 3.8) is 0 Å². The molecule has 0 atom stereocenters. The molecule has 0 aliphatic heterocycles. The smallest absolute Gasteiger partial charge is 0.282 e. The van der Waals surface area contributed by atoms with Crippen LogP contribution in [0.4, 0.5) is 14.6 Å². The average molecular weight is 311 g/mol. The first kappa shape index (κ1) is 15.1. The SMILES string of the molecule is Bc1ccc(NNC(=O)C(F)(F)c2ccc(Cl)nn2)nc1. The Balaban J connectivity index is 2.04. The third-order valence-corrected chi connectivity index (χ3v) is 2.66. The molecule has 0 fully saturated rings. The highest BCUT2D eigenvalue weighted by Gasteiger charge is 2.43. The van der Waals surface area contributed by atoms with E-state index in [0.29, 0.717) is 0 Å². The molecule has 6 nitrogen and oxygen atoms in total. The van der Waals surface area contributed by atoms with Crippen molar-refractivity contribution in [3.8, 4) is 0 Å². The van der Waals surface area contributed by atoms with Crippen LogP contribution in [0, 0.1) is 0 Å². The Kier molecular flexibility index (Phi) is 4.32. The minimum atomic E-state index is -3.85. The van der Waals surface area contributed by atoms with Gasteiger partial charge in [0, 0.05) is 6.20 Å². The number of pyridine rings is 1. The van der Waals surface area contributed by atoms with Gasteiger partial charge in [0.25, 0.3) is 0 Å². The molecule has 1 amide bonds. The molecule has 2 aromatic rings. The fraction of sp³-hybridized carbons (Fsp3) is 0.0909. The molecular weight excluding hydrogens is 302 g/mol. The highest BCUT2D eigenvalue weighted by molar-refractivity contribution is 6.32. The van der Waals surface area contributed by atoms with E-state index in [1.165, 1.54) is 12.3 Å². The summed E-state index contributed by atoms with van der Waals surface area (Å²) in [6.07, 6.45) is 1.53. The standard InChI is InChI=1S/C11H9BClF2N5O/c12-6-1-4-9(16-5-6)19-20-10(21)11(14,15)7-2-3-8(13)18-17-7/h1-5H,12H2,(H,16,19)(H,20,21). The number of rotatable bonds is 4. The van der Waals surface area contributed by atoms with Gasteiger partial charge in [0.05, 0.1) is 0 Å². The molecule has 2 heterocycles. The number of hydrazine groups is 1. The van der Waals surface area contributed by atoms with E-state index in [1.54, 1.807) is 6.07 Å². The molecule has 0 aliphatic rings. The summed E-state index contributed by atoms with van der Waals surface area (Å²) in [5.41, 5.74) is 4.26. The molecular formula is C11H9BClF2N5O. The van der Waals surface area contributed by atoms with Crippen LogP contribution < -0.4 is 16.3 Å². The number of aromatic nitrogens is 3. The van der Waals surface area contributed by atoms with Crippen molar-refractivity contribution in [2.24, 2.45) is 0 Å². The van der Waals surface area contributed by atoms with Crippen molar-refractivity contribution in [1.29, 1.82) is 0 Å². The van der Waals surface area contributed by atoms with Crippen LogP contribution in [0.2, 0.25) is 5.15 Å². The molecule has 108 valence electrons. The van der Waals surface area contributed by atoms with Crippen LogP contribution in [0.25, 0.3) is 0 Å². The summed E-state index contributed by atoms with van der Waals surface area (Å²) in [6.45, 7) is 0. The molecule has 0 bridgehead atoms. The fourth-order valence-electron chi connectivity index (χ4n) is 1.34. The second-order valence-corrected chi connectivity index (χ2v) is 4.50. The van der Waals surface area contributed by atoms with E-state index >= 15 is 0 Å². The first-order chi connectivity index (χ1) is 9.89. The monoisotopic (exact) mass is 311 g/mol. The summed E-state index contributed by atoms with van der Waals surface area (Å²) in [6, 6.07) is 5.30. The number of nitrogens with zero attached hydrogens (tertiary/aromatic N) is 3. The lowest BCUT2D eigenvalue weighted by Crippen LogP contribution is -2.42. The molecule has 2 aromatic heterocycles. The zero-order valence-corrected chi connectivity index (χ0v) is 11.5. The molecule has 2 N–H and O–H groups in total. The Bertz CT molecular complexity index is 638. The van der Waals surface area contributed by atoms with Gasteiger partial charge in [0.1, 0.15) is 19.4 Å². The predicted octanol–water partition coefficient (Wildman–Crippen LogP) is 0.0185. The highest BCUT2D eigenvalue weighted by atomic mass is 35.5. The molecule has 0 unspecified atom stereocenters. The molecule has 0 radical (unpaired) electrons. The van der Waals surface area contributed by atoms with Crippen LogP contribution in [0.15, 0.2) is 30.5 Å². The van der Waals surface area contributed by atoms with E-state index in [9.17, 15) is 13.6 Å². The Hall–Kier alpha value is -2.29. The van der Waals surface area contributed by atoms with Crippen molar-refractivity contribution in [2.45, 2.75) is 5.92 Å². The van der Waals surface area contributed by atoms with Crippen molar-refractivity contribution < 1.29 is 13.6 Å². The van der Waals surface area contributed by atoms with Gasteiger partial charge in [-0.2, -0.15) is 8.78 Å². The first-order valence-corrected chi connectivity index (χ1v) is 6.14. The van der Waals surface area contributed by atoms with Crippen LogP contribution in [0.5, 0.6) is 0 Å². The van der Waals surface area contributed by atoms with E-state index in [0.717, 1.165) is 17.6 Å². The van der Waals surface area contributed by atoms with Gasteiger partial charge in [-0.1, -0.05) is 23.1 Å². The van der Waals surface area contributed by atoms with Crippen molar-refractivity contribution in [1.82, 2.24) is 20.6 Å². The fourth-order valence-corrected chi connectivity index (χ4v) is 1.44. The van der Waals surface area contributed by atoms with Gasteiger partial charge in [0.15, 0.2) is 5.15 Å². The van der Waals surface area contributed by atoms with E-state index in [2.05, 4.69) is 20.6 Å².